The zero-order valence-corrected chi connectivity index (χ0v) is 16.9. The van der Waals surface area contributed by atoms with Gasteiger partial charge in [-0.1, -0.05) is 0 Å². The molecule has 28 heavy (non-hydrogen) atoms. The number of phenolic OH excluding ortho intramolecular Hbond substituents is 1. The molecule has 2 aromatic rings. The first-order valence-corrected chi connectivity index (χ1v) is 9.67. The number of rotatable bonds is 5. The molecule has 0 aliphatic carbocycles. The van der Waals surface area contributed by atoms with Crippen molar-refractivity contribution in [2.45, 2.75) is 6.92 Å². The highest BCUT2D eigenvalue weighted by Crippen LogP contribution is 2.37. The van der Waals surface area contributed by atoms with Gasteiger partial charge in [0, 0.05) is 6.07 Å². The van der Waals surface area contributed by atoms with E-state index in [1.807, 2.05) is 6.92 Å². The Morgan fingerprint density at radius 2 is 2.07 bits per heavy atom. The van der Waals surface area contributed by atoms with Crippen LogP contribution in [0.4, 0.5) is 11.4 Å². The van der Waals surface area contributed by atoms with Gasteiger partial charge >= 0.3 is 5.69 Å². The van der Waals surface area contributed by atoms with Gasteiger partial charge in [0.1, 0.15) is 5.75 Å². The number of benzene rings is 2. The zero-order valence-electron chi connectivity index (χ0n) is 14.5. The molecule has 0 aromatic heterocycles. The summed E-state index contributed by atoms with van der Waals surface area (Å²) in [5.74, 6) is -0.0930. The molecule has 2 aromatic carbocycles. The van der Waals surface area contributed by atoms with Crippen LogP contribution in [0.2, 0.25) is 0 Å². The number of aromatic hydroxyl groups is 1. The number of phenols is 1. The fourth-order valence-electron chi connectivity index (χ4n) is 2.36. The topological polar surface area (TPSA) is 114 Å². The molecule has 144 valence electrons. The Hall–Kier alpha value is -2.85. The number of amidine groups is 1. The van der Waals surface area contributed by atoms with E-state index in [-0.39, 0.29) is 10.4 Å². The molecule has 3 rings (SSSR count). The van der Waals surface area contributed by atoms with Crippen molar-refractivity contribution >= 4 is 56.2 Å². The molecule has 0 spiro atoms. The first kappa shape index (κ1) is 19.9. The number of hydrogen-bond donors (Lipinski definition) is 2. The molecule has 0 bridgehead atoms. The van der Waals surface area contributed by atoms with Crippen LogP contribution in [0.1, 0.15) is 12.5 Å². The van der Waals surface area contributed by atoms with E-state index in [2.05, 4.69) is 26.2 Å². The Morgan fingerprint density at radius 3 is 2.71 bits per heavy atom. The summed E-state index contributed by atoms with van der Waals surface area (Å²) in [6.45, 7) is 2.47. The third kappa shape index (κ3) is 4.52. The molecule has 0 atom stereocenters. The Morgan fingerprint density at radius 1 is 1.36 bits per heavy atom. The van der Waals surface area contributed by atoms with Crippen LogP contribution in [0, 0.1) is 10.1 Å². The molecule has 1 aliphatic heterocycles. The van der Waals surface area contributed by atoms with Crippen LogP contribution in [0.5, 0.6) is 11.5 Å². The maximum Gasteiger partial charge on any atom is 0.312 e. The number of carbonyl (C=O) groups excluding carboxylic acids is 1. The normalized spacial score (nSPS) is 16.4. The summed E-state index contributed by atoms with van der Waals surface area (Å²) in [4.78, 5) is 27.2. The highest BCUT2D eigenvalue weighted by molar-refractivity contribution is 9.10. The van der Waals surface area contributed by atoms with Gasteiger partial charge in [-0.15, -0.1) is 0 Å². The van der Waals surface area contributed by atoms with Gasteiger partial charge in [-0.25, -0.2) is 4.99 Å². The summed E-state index contributed by atoms with van der Waals surface area (Å²) in [6.07, 6.45) is 1.50. The number of thioether (sulfide) groups is 1. The number of nitrogens with one attached hydrogen (secondary N) is 1. The van der Waals surface area contributed by atoms with Crippen molar-refractivity contribution in [2.24, 2.45) is 4.99 Å². The van der Waals surface area contributed by atoms with Gasteiger partial charge in [0.05, 0.1) is 26.6 Å². The van der Waals surface area contributed by atoms with E-state index in [1.165, 1.54) is 18.2 Å². The molecule has 0 saturated carbocycles. The van der Waals surface area contributed by atoms with Crippen molar-refractivity contribution in [2.75, 3.05) is 6.61 Å². The minimum atomic E-state index is -0.692. The molecule has 0 unspecified atom stereocenters. The number of ether oxygens (including phenoxy) is 1. The zero-order chi connectivity index (χ0) is 20.3. The predicted octanol–water partition coefficient (Wildman–Crippen LogP) is 4.35. The SMILES string of the molecule is CCOc1ccc(N=C2NC(=O)/C(=C/c3cc(Br)c(O)c([N+](=O)[O-])c3)S2)cc1. The summed E-state index contributed by atoms with van der Waals surface area (Å²) in [7, 11) is 0. The van der Waals surface area contributed by atoms with E-state index in [0.717, 1.165) is 17.5 Å². The smallest absolute Gasteiger partial charge is 0.312 e. The fourth-order valence-corrected chi connectivity index (χ4v) is 3.67. The average Bonchev–Trinajstić information content (AvgIpc) is 2.98. The van der Waals surface area contributed by atoms with Crippen molar-refractivity contribution in [1.29, 1.82) is 0 Å². The number of aliphatic imine (C=N–C) groups is 1. The third-order valence-corrected chi connectivity index (χ3v) is 5.10. The van der Waals surface area contributed by atoms with Crippen LogP contribution in [0.25, 0.3) is 6.08 Å². The average molecular weight is 464 g/mol. The van der Waals surface area contributed by atoms with Crippen LogP contribution < -0.4 is 10.1 Å². The number of hydrogen-bond acceptors (Lipinski definition) is 7. The lowest BCUT2D eigenvalue weighted by Crippen LogP contribution is -2.19. The number of carbonyl (C=O) groups is 1. The van der Waals surface area contributed by atoms with Gasteiger partial charge in [0.25, 0.3) is 5.91 Å². The maximum atomic E-state index is 12.2. The van der Waals surface area contributed by atoms with Crippen LogP contribution in [-0.4, -0.2) is 27.7 Å². The summed E-state index contributed by atoms with van der Waals surface area (Å²) >= 11 is 4.20. The van der Waals surface area contributed by atoms with Crippen molar-refractivity contribution in [3.8, 4) is 11.5 Å². The number of amides is 1. The van der Waals surface area contributed by atoms with Gasteiger partial charge in [-0.3, -0.25) is 14.9 Å². The van der Waals surface area contributed by atoms with Gasteiger partial charge in [-0.2, -0.15) is 0 Å². The minimum absolute atomic E-state index is 0.167. The van der Waals surface area contributed by atoms with E-state index in [1.54, 1.807) is 24.3 Å². The summed E-state index contributed by atoms with van der Waals surface area (Å²) < 4.78 is 5.54. The van der Waals surface area contributed by atoms with E-state index in [0.29, 0.717) is 27.9 Å². The van der Waals surface area contributed by atoms with E-state index >= 15 is 0 Å². The first-order chi connectivity index (χ1) is 13.4. The number of halogens is 1. The standard InChI is InChI=1S/C18H14BrN3O5S/c1-2-27-12-5-3-11(4-6-12)20-18-21-17(24)15(28-18)9-10-7-13(19)16(23)14(8-10)22(25)26/h3-9,23H,2H2,1H3,(H,20,21,24)/b15-9-. The second-order valence-corrected chi connectivity index (χ2v) is 7.42. The van der Waals surface area contributed by atoms with Crippen LogP contribution in [0.15, 0.2) is 50.8 Å². The molecule has 10 heteroatoms. The summed E-state index contributed by atoms with van der Waals surface area (Å²) in [5.41, 5.74) is 0.597. The van der Waals surface area contributed by atoms with Crippen LogP contribution >= 0.6 is 27.7 Å². The lowest BCUT2D eigenvalue weighted by atomic mass is 10.1. The monoisotopic (exact) mass is 463 g/mol. The first-order valence-electron chi connectivity index (χ1n) is 8.06. The molecular formula is C18H14BrN3O5S. The highest BCUT2D eigenvalue weighted by atomic mass is 79.9. The van der Waals surface area contributed by atoms with Crippen molar-refractivity contribution in [3.63, 3.8) is 0 Å². The maximum absolute atomic E-state index is 12.2. The Labute approximate surface area is 172 Å². The molecule has 1 aliphatic rings. The second-order valence-electron chi connectivity index (χ2n) is 5.54. The van der Waals surface area contributed by atoms with E-state index in [4.69, 9.17) is 4.74 Å². The quantitative estimate of drug-likeness (QED) is 0.386. The van der Waals surface area contributed by atoms with Crippen molar-refractivity contribution in [1.82, 2.24) is 5.32 Å². The third-order valence-electron chi connectivity index (χ3n) is 3.59. The number of nitro groups is 1. The summed E-state index contributed by atoms with van der Waals surface area (Å²) in [5, 5.41) is 23.8. The fraction of sp³-hybridized carbons (Fsp3) is 0.111. The van der Waals surface area contributed by atoms with Crippen LogP contribution in [-0.2, 0) is 4.79 Å². The summed E-state index contributed by atoms with van der Waals surface area (Å²) in [6, 6.07) is 9.80. The van der Waals surface area contributed by atoms with Gasteiger partial charge < -0.3 is 15.2 Å². The molecule has 1 fully saturated rings. The predicted molar refractivity (Wildman–Crippen MR) is 111 cm³/mol. The lowest BCUT2D eigenvalue weighted by Gasteiger charge is -2.02. The second kappa shape index (κ2) is 8.44. The molecule has 2 N–H and O–H groups in total. The molecule has 8 nitrogen and oxygen atoms in total. The molecule has 1 heterocycles. The van der Waals surface area contributed by atoms with E-state index in [9.17, 15) is 20.0 Å². The molecule has 1 saturated heterocycles. The minimum Gasteiger partial charge on any atom is -0.501 e. The Kier molecular flexibility index (Phi) is 6.00. The highest BCUT2D eigenvalue weighted by Gasteiger charge is 2.25. The lowest BCUT2D eigenvalue weighted by molar-refractivity contribution is -0.386. The Bertz CT molecular complexity index is 1010. The van der Waals surface area contributed by atoms with Crippen molar-refractivity contribution < 1.29 is 19.6 Å². The largest absolute Gasteiger partial charge is 0.501 e. The number of nitrogens with zero attached hydrogens (tertiary/aromatic N) is 2. The van der Waals surface area contributed by atoms with Crippen molar-refractivity contribution in [3.05, 3.63) is 61.5 Å². The van der Waals surface area contributed by atoms with Gasteiger partial charge in [-0.05, 0) is 76.6 Å². The molecule has 0 radical (unpaired) electrons. The van der Waals surface area contributed by atoms with Crippen LogP contribution in [0.3, 0.4) is 0 Å². The number of nitro benzene ring substituents is 1. The molecular weight excluding hydrogens is 450 g/mol. The van der Waals surface area contributed by atoms with E-state index < -0.39 is 16.4 Å². The van der Waals surface area contributed by atoms with Gasteiger partial charge in [0.15, 0.2) is 5.17 Å². The van der Waals surface area contributed by atoms with Gasteiger partial charge in [0.2, 0.25) is 5.75 Å². The molecule has 1 amide bonds. The Balaban J connectivity index is 1.83.